The molecule has 0 bridgehead atoms. The SMILES string of the molecule is Cc1ccc(CN(C)S(=O)(=O)c2cc(Cl)cc(Cl)c2)o1. The Hall–Kier alpha value is -1.01. The number of halogens is 2. The average molecular weight is 334 g/mol. The van der Waals surface area contributed by atoms with Gasteiger partial charge in [-0.25, -0.2) is 8.42 Å². The fourth-order valence-electron chi connectivity index (χ4n) is 1.73. The molecule has 20 heavy (non-hydrogen) atoms. The van der Waals surface area contributed by atoms with Crippen molar-refractivity contribution in [3.63, 3.8) is 0 Å². The van der Waals surface area contributed by atoms with Crippen LogP contribution in [0.1, 0.15) is 11.5 Å². The second-order valence-corrected chi connectivity index (χ2v) is 7.30. The number of furan rings is 1. The molecule has 2 aromatic rings. The standard InChI is InChI=1S/C13H13Cl2NO3S/c1-9-3-4-12(19-9)8-16(2)20(17,18)13-6-10(14)5-11(15)7-13/h3-7H,8H2,1-2H3. The number of sulfonamides is 1. The zero-order valence-corrected chi connectivity index (χ0v) is 13.3. The normalized spacial score (nSPS) is 12.1. The molecule has 0 aliphatic heterocycles. The van der Waals surface area contributed by atoms with E-state index in [4.69, 9.17) is 27.6 Å². The van der Waals surface area contributed by atoms with Gasteiger partial charge in [0.05, 0.1) is 11.4 Å². The van der Waals surface area contributed by atoms with Crippen LogP contribution in [-0.2, 0) is 16.6 Å². The monoisotopic (exact) mass is 333 g/mol. The van der Waals surface area contributed by atoms with Gasteiger partial charge in [0.15, 0.2) is 0 Å². The maximum Gasteiger partial charge on any atom is 0.243 e. The molecule has 0 unspecified atom stereocenters. The maximum absolute atomic E-state index is 12.4. The van der Waals surface area contributed by atoms with Crippen molar-refractivity contribution in [2.24, 2.45) is 0 Å². The summed E-state index contributed by atoms with van der Waals surface area (Å²) in [6.45, 7) is 1.94. The van der Waals surface area contributed by atoms with E-state index in [-0.39, 0.29) is 21.5 Å². The van der Waals surface area contributed by atoms with Gasteiger partial charge in [0.1, 0.15) is 11.5 Å². The molecule has 0 atom stereocenters. The van der Waals surface area contributed by atoms with Gasteiger partial charge in [-0.3, -0.25) is 0 Å². The Bertz CT molecular complexity index is 705. The highest BCUT2D eigenvalue weighted by molar-refractivity contribution is 7.89. The van der Waals surface area contributed by atoms with Crippen LogP contribution < -0.4 is 0 Å². The number of rotatable bonds is 4. The van der Waals surface area contributed by atoms with Gasteiger partial charge < -0.3 is 4.42 Å². The van der Waals surface area contributed by atoms with Gasteiger partial charge in [0.2, 0.25) is 10.0 Å². The zero-order chi connectivity index (χ0) is 14.9. The molecule has 4 nitrogen and oxygen atoms in total. The summed E-state index contributed by atoms with van der Waals surface area (Å²) in [6.07, 6.45) is 0. The largest absolute Gasteiger partial charge is 0.465 e. The third-order valence-electron chi connectivity index (χ3n) is 2.72. The molecule has 1 aromatic carbocycles. The maximum atomic E-state index is 12.4. The summed E-state index contributed by atoms with van der Waals surface area (Å²) in [6, 6.07) is 7.75. The molecule has 0 fully saturated rings. The molecule has 0 radical (unpaired) electrons. The van der Waals surface area contributed by atoms with Crippen LogP contribution in [0.5, 0.6) is 0 Å². The van der Waals surface area contributed by atoms with Crippen molar-refractivity contribution < 1.29 is 12.8 Å². The predicted molar refractivity (Wildman–Crippen MR) is 78.6 cm³/mol. The Morgan fingerprint density at radius 3 is 2.25 bits per heavy atom. The zero-order valence-electron chi connectivity index (χ0n) is 10.9. The van der Waals surface area contributed by atoms with Gasteiger partial charge in [-0.1, -0.05) is 23.2 Å². The molecule has 0 spiro atoms. The smallest absolute Gasteiger partial charge is 0.243 e. The quantitative estimate of drug-likeness (QED) is 0.856. The van der Waals surface area contributed by atoms with Crippen molar-refractivity contribution >= 4 is 33.2 Å². The van der Waals surface area contributed by atoms with Crippen LogP contribution in [0.25, 0.3) is 0 Å². The fourth-order valence-corrected chi connectivity index (χ4v) is 3.60. The van der Waals surface area contributed by atoms with E-state index in [9.17, 15) is 8.42 Å². The second kappa shape index (κ2) is 5.77. The third-order valence-corrected chi connectivity index (χ3v) is 4.94. The molecule has 0 amide bonds. The molecule has 1 aromatic heterocycles. The highest BCUT2D eigenvalue weighted by Crippen LogP contribution is 2.25. The molecule has 0 aliphatic carbocycles. The lowest BCUT2D eigenvalue weighted by atomic mass is 10.4. The summed E-state index contributed by atoms with van der Waals surface area (Å²) in [5, 5.41) is 0.552. The van der Waals surface area contributed by atoms with Crippen LogP contribution in [0.4, 0.5) is 0 Å². The Morgan fingerprint density at radius 2 is 1.75 bits per heavy atom. The van der Waals surface area contributed by atoms with E-state index in [1.54, 1.807) is 19.1 Å². The van der Waals surface area contributed by atoms with E-state index >= 15 is 0 Å². The van der Waals surface area contributed by atoms with Gasteiger partial charge in [0, 0.05) is 17.1 Å². The van der Waals surface area contributed by atoms with Crippen molar-refractivity contribution in [1.29, 1.82) is 0 Å². The Balaban J connectivity index is 2.29. The second-order valence-electron chi connectivity index (χ2n) is 4.38. The van der Waals surface area contributed by atoms with Crippen LogP contribution in [0.3, 0.4) is 0 Å². The van der Waals surface area contributed by atoms with Crippen molar-refractivity contribution in [3.8, 4) is 0 Å². The molecule has 0 saturated carbocycles. The van der Waals surface area contributed by atoms with Crippen molar-refractivity contribution in [1.82, 2.24) is 4.31 Å². The molecule has 108 valence electrons. The number of hydrogen-bond donors (Lipinski definition) is 0. The highest BCUT2D eigenvalue weighted by atomic mass is 35.5. The minimum Gasteiger partial charge on any atom is -0.465 e. The molecule has 1 heterocycles. The summed E-state index contributed by atoms with van der Waals surface area (Å²) < 4.78 is 31.4. The van der Waals surface area contributed by atoms with Crippen LogP contribution in [0.2, 0.25) is 10.0 Å². The van der Waals surface area contributed by atoms with Gasteiger partial charge in [-0.15, -0.1) is 0 Å². The molecular formula is C13H13Cl2NO3S. The van der Waals surface area contributed by atoms with Gasteiger partial charge in [0.25, 0.3) is 0 Å². The molecule has 2 rings (SSSR count). The summed E-state index contributed by atoms with van der Waals surface area (Å²) in [5.41, 5.74) is 0. The summed E-state index contributed by atoms with van der Waals surface area (Å²) in [4.78, 5) is 0.0563. The third kappa shape index (κ3) is 3.35. The van der Waals surface area contributed by atoms with Crippen LogP contribution >= 0.6 is 23.2 Å². The number of benzene rings is 1. The Kier molecular flexibility index (Phi) is 4.44. The van der Waals surface area contributed by atoms with Crippen LogP contribution in [0.15, 0.2) is 39.6 Å². The number of aryl methyl sites for hydroxylation is 1. The average Bonchev–Trinajstić information content (AvgIpc) is 2.73. The molecule has 0 N–H and O–H groups in total. The lowest BCUT2D eigenvalue weighted by Gasteiger charge is -2.16. The van der Waals surface area contributed by atoms with E-state index in [2.05, 4.69) is 0 Å². The minimum absolute atomic E-state index is 0.0563. The van der Waals surface area contributed by atoms with E-state index in [1.165, 1.54) is 29.6 Å². The van der Waals surface area contributed by atoms with Crippen LogP contribution in [0, 0.1) is 6.92 Å². The van der Waals surface area contributed by atoms with Gasteiger partial charge in [-0.05, 0) is 37.3 Å². The summed E-state index contributed by atoms with van der Waals surface area (Å²) in [5.74, 6) is 1.30. The fraction of sp³-hybridized carbons (Fsp3) is 0.231. The topological polar surface area (TPSA) is 50.5 Å². The predicted octanol–water partition coefficient (Wildman–Crippen LogP) is 3.72. The van der Waals surface area contributed by atoms with Crippen molar-refractivity contribution in [3.05, 3.63) is 51.9 Å². The molecular weight excluding hydrogens is 321 g/mol. The Labute approximate surface area is 128 Å². The number of nitrogens with zero attached hydrogens (tertiary/aromatic N) is 1. The van der Waals surface area contributed by atoms with Gasteiger partial charge >= 0.3 is 0 Å². The first-order valence-corrected chi connectivity index (χ1v) is 7.96. The molecule has 0 aliphatic rings. The van der Waals surface area contributed by atoms with E-state index in [1.807, 2.05) is 0 Å². The molecule has 0 saturated heterocycles. The molecule has 7 heteroatoms. The first kappa shape index (κ1) is 15.4. The lowest BCUT2D eigenvalue weighted by Crippen LogP contribution is -2.26. The summed E-state index contributed by atoms with van der Waals surface area (Å²) >= 11 is 11.7. The first-order valence-electron chi connectivity index (χ1n) is 5.77. The highest BCUT2D eigenvalue weighted by Gasteiger charge is 2.22. The lowest BCUT2D eigenvalue weighted by molar-refractivity contribution is 0.397. The van der Waals surface area contributed by atoms with Gasteiger partial charge in [-0.2, -0.15) is 4.31 Å². The van der Waals surface area contributed by atoms with E-state index in [0.29, 0.717) is 5.76 Å². The van der Waals surface area contributed by atoms with Crippen molar-refractivity contribution in [2.75, 3.05) is 7.05 Å². The van der Waals surface area contributed by atoms with Crippen molar-refractivity contribution in [2.45, 2.75) is 18.4 Å². The minimum atomic E-state index is -3.67. The number of hydrogen-bond acceptors (Lipinski definition) is 3. The van der Waals surface area contributed by atoms with Crippen LogP contribution in [-0.4, -0.2) is 19.8 Å². The first-order chi connectivity index (χ1) is 9.29. The van der Waals surface area contributed by atoms with E-state index < -0.39 is 10.0 Å². The van der Waals surface area contributed by atoms with E-state index in [0.717, 1.165) is 5.76 Å². The summed E-state index contributed by atoms with van der Waals surface area (Å²) in [7, 11) is -2.19. The Morgan fingerprint density at radius 1 is 1.15 bits per heavy atom.